The van der Waals surface area contributed by atoms with Crippen molar-refractivity contribution in [2.45, 2.75) is 180 Å². The molecular formula is C94H93BN6. The minimum absolute atomic E-state index is 0.0642. The van der Waals surface area contributed by atoms with E-state index in [-0.39, 0.29) is 29.6 Å². The zero-order valence-electron chi connectivity index (χ0n) is 60.0. The van der Waals surface area contributed by atoms with Crippen LogP contribution in [0, 0.1) is 41.6 Å². The van der Waals surface area contributed by atoms with Crippen LogP contribution in [0.3, 0.4) is 0 Å². The van der Waals surface area contributed by atoms with E-state index in [0.717, 1.165) is 134 Å². The molecule has 101 heavy (non-hydrogen) atoms. The number of aromatic nitrogens is 2. The summed E-state index contributed by atoms with van der Waals surface area (Å²) in [5.74, 6) is 1.54. The lowest BCUT2D eigenvalue weighted by Gasteiger charge is -2.53. The number of fused-ring (bicyclic) bond motifs is 10. The van der Waals surface area contributed by atoms with Crippen LogP contribution in [-0.2, 0) is 10.8 Å². The predicted molar refractivity (Wildman–Crippen MR) is 426 cm³/mol. The molecule has 8 aliphatic rings. The van der Waals surface area contributed by atoms with Crippen LogP contribution < -0.4 is 26.2 Å². The molecule has 0 N–H and O–H groups in total. The van der Waals surface area contributed by atoms with E-state index in [1.54, 1.807) is 22.3 Å². The number of benzene rings is 8. The quantitative estimate of drug-likeness (QED) is 0.0822. The molecular weight excluding hydrogens is 1220 g/mol. The van der Waals surface area contributed by atoms with Crippen molar-refractivity contribution in [3.05, 3.63) is 251 Å². The number of allylic oxidation sites excluding steroid dienone is 8. The molecule has 502 valence electrons. The second-order valence-corrected chi connectivity index (χ2v) is 32.9. The van der Waals surface area contributed by atoms with Crippen molar-refractivity contribution in [2.75, 3.05) is 9.80 Å². The lowest BCUT2D eigenvalue weighted by molar-refractivity contribution is 0.391. The number of hydrogen-bond acceptors (Lipinski definition) is 3. The first-order valence-electron chi connectivity index (χ1n) is 38.4. The Kier molecular flexibility index (Phi) is 15.9. The first kappa shape index (κ1) is 63.6. The van der Waals surface area contributed by atoms with Crippen molar-refractivity contribution in [1.29, 1.82) is 5.26 Å². The molecule has 4 heterocycles. The summed E-state index contributed by atoms with van der Waals surface area (Å²) in [6.45, 7) is 22.0. The van der Waals surface area contributed by atoms with Crippen molar-refractivity contribution in [2.24, 2.45) is 23.7 Å². The van der Waals surface area contributed by atoms with Gasteiger partial charge in [-0.05, 0) is 284 Å². The van der Waals surface area contributed by atoms with Gasteiger partial charge >= 0.3 is 0 Å². The first-order chi connectivity index (χ1) is 49.3. The van der Waals surface area contributed by atoms with E-state index >= 15 is 0 Å². The highest BCUT2D eigenvalue weighted by atomic mass is 15.2. The Morgan fingerprint density at radius 1 is 0.455 bits per heavy atom. The maximum atomic E-state index is 10.5. The summed E-state index contributed by atoms with van der Waals surface area (Å²) in [6.07, 6.45) is 41.5. The van der Waals surface area contributed by atoms with Crippen LogP contribution >= 0.6 is 0 Å². The van der Waals surface area contributed by atoms with Gasteiger partial charge in [-0.3, -0.25) is 0 Å². The molecule has 0 saturated heterocycles. The largest absolute Gasteiger partial charge is 0.334 e. The second kappa shape index (κ2) is 25.2. The highest BCUT2D eigenvalue weighted by Crippen LogP contribution is 2.54. The highest BCUT2D eigenvalue weighted by Gasteiger charge is 2.51. The third-order valence-electron chi connectivity index (χ3n) is 25.0. The Morgan fingerprint density at radius 2 is 0.950 bits per heavy atom. The number of rotatable bonds is 9. The fraction of sp³-hybridized carbons (Fsp3) is 0.340. The van der Waals surface area contributed by atoms with Gasteiger partial charge in [-0.25, -0.2) is 4.85 Å². The molecule has 6 atom stereocenters. The minimum atomic E-state index is -0.119. The number of anilines is 4. The highest BCUT2D eigenvalue weighted by molar-refractivity contribution is 7.00. The van der Waals surface area contributed by atoms with Gasteiger partial charge in [0.15, 0.2) is 5.69 Å². The van der Waals surface area contributed by atoms with Gasteiger partial charge in [0.05, 0.1) is 52.4 Å². The van der Waals surface area contributed by atoms with Gasteiger partial charge in [0, 0.05) is 62.1 Å². The van der Waals surface area contributed by atoms with E-state index in [9.17, 15) is 5.26 Å². The number of nitriles is 1. The summed E-state index contributed by atoms with van der Waals surface area (Å²) in [5, 5.41) is 15.1. The van der Waals surface area contributed by atoms with Crippen molar-refractivity contribution in [3.8, 4) is 28.6 Å². The topological polar surface area (TPSA) is 44.5 Å². The zero-order valence-corrected chi connectivity index (χ0v) is 60.0. The molecule has 0 saturated carbocycles. The van der Waals surface area contributed by atoms with Gasteiger partial charge in [0.25, 0.3) is 6.71 Å². The molecule has 8 aromatic carbocycles. The van der Waals surface area contributed by atoms with Crippen LogP contribution in [0.4, 0.5) is 28.4 Å². The van der Waals surface area contributed by atoms with Gasteiger partial charge < -0.3 is 18.9 Å². The lowest BCUT2D eigenvalue weighted by Crippen LogP contribution is -2.65. The molecule has 18 rings (SSSR count). The van der Waals surface area contributed by atoms with E-state index in [1.165, 1.54) is 97.8 Å². The summed E-state index contributed by atoms with van der Waals surface area (Å²) in [6, 6.07) is 61.8. The van der Waals surface area contributed by atoms with Crippen molar-refractivity contribution in [1.82, 2.24) is 9.13 Å². The Bertz CT molecular complexity index is 5010. The molecule has 0 radical (unpaired) electrons. The standard InChI is InChI=1S/C94H93BN6/c1-93(2,3)67-40-48-83-77(54-67)76-51-60(59-96)39-47-82(76)98(83)70-43-45-80-86(57-70)100(91-72(62-27-15-9-16-28-62)35-23-36-73(91)63-29-17-10-18-30-63)88-52-66(61-25-13-8-14-26-61)53-89-90(88)95(80)81-46-44-71(99-84-49-41-68(94(4,5)6)55-78(84)79-56-69(97-7)42-50-85(79)99)58-87(81)101(89)92-74(64-31-19-11-20-32-64)37-24-38-75(92)65-33-21-12-22-34-65/h8-9,11,13-15,19,25-26,29,33,35,37,39-58,62,64,73,75,91-92H,10,12,16-18,20-24,27-28,30-32,34,36,38H2,1-6H3. The molecule has 6 nitrogen and oxygen atoms in total. The van der Waals surface area contributed by atoms with Gasteiger partial charge in [0.2, 0.25) is 0 Å². The van der Waals surface area contributed by atoms with Gasteiger partial charge in [-0.2, -0.15) is 5.26 Å². The average molecular weight is 1320 g/mol. The summed E-state index contributed by atoms with van der Waals surface area (Å²) in [4.78, 5) is 10.1. The minimum Gasteiger partial charge on any atom is -0.334 e. The van der Waals surface area contributed by atoms with E-state index < -0.39 is 0 Å². The average Bonchev–Trinajstić information content (AvgIpc) is 1.04. The molecule has 6 unspecified atom stereocenters. The van der Waals surface area contributed by atoms with Crippen LogP contribution in [0.15, 0.2) is 223 Å². The Morgan fingerprint density at radius 3 is 1.42 bits per heavy atom. The normalized spacial score (nSPS) is 22.1. The third-order valence-corrected chi connectivity index (χ3v) is 25.0. The number of nitrogens with zero attached hydrogens (tertiary/aromatic N) is 6. The fourth-order valence-electron chi connectivity index (χ4n) is 20.1. The molecule has 6 aliphatic carbocycles. The molecule has 2 aromatic heterocycles. The van der Waals surface area contributed by atoms with E-state index in [4.69, 9.17) is 6.57 Å². The van der Waals surface area contributed by atoms with E-state index in [2.05, 4.69) is 260 Å². The summed E-state index contributed by atoms with van der Waals surface area (Å²) < 4.78 is 5.06. The Hall–Kier alpha value is -9.56. The SMILES string of the molecule is [C-]#[N+]c1ccc2c(c1)c1cc(C(C)(C)C)ccc1n2-c1ccc2c(c1)N(C1C(C3CC=CCC3)=CCCC1C1=CCCCC1)c1cc(-c3ccccc3)cc3c1B2c1ccc(-n2c4ccc(C#N)cc4c4cc(C(C)(C)C)ccc42)cc1N3C1C(C2CC=CCC2)=CCCC1C1=CCCCC1. The van der Waals surface area contributed by atoms with Crippen molar-refractivity contribution < 1.29 is 0 Å². The molecule has 7 heteroatoms. The Balaban J connectivity index is 0.970. The van der Waals surface area contributed by atoms with Crippen LogP contribution in [0.1, 0.15) is 174 Å². The van der Waals surface area contributed by atoms with Crippen LogP contribution in [0.5, 0.6) is 0 Å². The summed E-state index contributed by atoms with van der Waals surface area (Å²) in [5.41, 5.74) is 29.2. The smallest absolute Gasteiger partial charge is 0.252 e. The maximum absolute atomic E-state index is 10.5. The fourth-order valence-corrected chi connectivity index (χ4v) is 20.1. The molecule has 10 aromatic rings. The van der Waals surface area contributed by atoms with Crippen LogP contribution in [0.2, 0.25) is 0 Å². The van der Waals surface area contributed by atoms with E-state index in [1.807, 2.05) is 12.1 Å². The second-order valence-electron chi connectivity index (χ2n) is 32.9. The Labute approximate surface area is 598 Å². The van der Waals surface area contributed by atoms with E-state index in [0.29, 0.717) is 34.9 Å². The van der Waals surface area contributed by atoms with Crippen molar-refractivity contribution in [3.63, 3.8) is 0 Å². The molecule has 0 bridgehead atoms. The van der Waals surface area contributed by atoms with Gasteiger partial charge in [-0.1, -0.05) is 162 Å². The molecule has 0 fully saturated rings. The third kappa shape index (κ3) is 10.8. The van der Waals surface area contributed by atoms with Crippen molar-refractivity contribution >= 4 is 95.1 Å². The molecule has 2 aliphatic heterocycles. The molecule has 0 spiro atoms. The van der Waals surface area contributed by atoms with Crippen LogP contribution in [-0.4, -0.2) is 27.9 Å². The van der Waals surface area contributed by atoms with Gasteiger partial charge in [0.1, 0.15) is 0 Å². The monoisotopic (exact) mass is 1320 g/mol. The number of hydrogen-bond donors (Lipinski definition) is 0. The maximum Gasteiger partial charge on any atom is 0.252 e. The first-order valence-corrected chi connectivity index (χ1v) is 38.4. The lowest BCUT2D eigenvalue weighted by atomic mass is 9.33. The zero-order chi connectivity index (χ0) is 68.4. The summed E-state index contributed by atoms with van der Waals surface area (Å²) in [7, 11) is 0. The molecule has 0 amide bonds. The predicted octanol–water partition coefficient (Wildman–Crippen LogP) is 23.1. The summed E-state index contributed by atoms with van der Waals surface area (Å²) >= 11 is 0. The van der Waals surface area contributed by atoms with Crippen LogP contribution in [0.25, 0.3) is 71.0 Å². The van der Waals surface area contributed by atoms with Gasteiger partial charge in [-0.15, -0.1) is 0 Å².